The summed E-state index contributed by atoms with van der Waals surface area (Å²) in [5.41, 5.74) is 5.43. The molecule has 1 aliphatic rings. The van der Waals surface area contributed by atoms with Crippen LogP contribution in [0.2, 0.25) is 0 Å². The lowest BCUT2D eigenvalue weighted by Gasteiger charge is -2.22. The highest BCUT2D eigenvalue weighted by Gasteiger charge is 2.31. The maximum absolute atomic E-state index is 13.4. The molecule has 0 saturated carbocycles. The maximum Gasteiger partial charge on any atom is 0.524 e. The molecule has 232 valence electrons. The third-order valence-electron chi connectivity index (χ3n) is 7.44. The lowest BCUT2D eigenvalue weighted by Crippen LogP contribution is -2.53. The van der Waals surface area contributed by atoms with Gasteiger partial charge in [0.25, 0.3) is 0 Å². The van der Waals surface area contributed by atoms with Gasteiger partial charge in [0, 0.05) is 18.8 Å². The van der Waals surface area contributed by atoms with Crippen LogP contribution in [0.3, 0.4) is 0 Å². The first kappa shape index (κ1) is 31.5. The third kappa shape index (κ3) is 8.16. The molecule has 1 aliphatic carbocycles. The van der Waals surface area contributed by atoms with Gasteiger partial charge in [0.15, 0.2) is 0 Å². The zero-order chi connectivity index (χ0) is 32.0. The van der Waals surface area contributed by atoms with Gasteiger partial charge in [-0.15, -0.1) is 0 Å². The highest BCUT2D eigenvalue weighted by atomic mass is 31.2. The van der Waals surface area contributed by atoms with Crippen LogP contribution in [0, 0.1) is 0 Å². The zero-order valence-electron chi connectivity index (χ0n) is 23.9. The molecule has 0 radical (unpaired) electrons. The fourth-order valence-corrected chi connectivity index (χ4v) is 5.77. The quantitative estimate of drug-likeness (QED) is 0.142. The predicted octanol–water partition coefficient (Wildman–Crippen LogP) is 4.42. The van der Waals surface area contributed by atoms with E-state index in [4.69, 9.17) is 14.5 Å². The maximum atomic E-state index is 13.4. The molecule has 0 aromatic heterocycles. The topological polar surface area (TPSA) is 171 Å². The number of ether oxygens (including phenoxy) is 1. The van der Waals surface area contributed by atoms with E-state index in [9.17, 15) is 24.1 Å². The summed E-state index contributed by atoms with van der Waals surface area (Å²) in [7, 11) is -4.75. The number of carbonyl (C=O) groups excluding carboxylic acids is 2. The lowest BCUT2D eigenvalue weighted by atomic mass is 9.98. The lowest BCUT2D eigenvalue weighted by molar-refractivity contribution is -0.142. The molecule has 4 aromatic carbocycles. The van der Waals surface area contributed by atoms with Crippen molar-refractivity contribution >= 4 is 25.8 Å². The number of carboxylic acid groups (broad SMARTS) is 1. The van der Waals surface area contributed by atoms with E-state index in [1.54, 1.807) is 24.3 Å². The van der Waals surface area contributed by atoms with Crippen LogP contribution in [0.4, 0.5) is 4.79 Å². The summed E-state index contributed by atoms with van der Waals surface area (Å²) in [6.45, 7) is 0.0407. The second-order valence-corrected chi connectivity index (χ2v) is 11.7. The molecule has 2 atom stereocenters. The summed E-state index contributed by atoms with van der Waals surface area (Å²) in [4.78, 5) is 56.5. The van der Waals surface area contributed by atoms with Gasteiger partial charge < -0.3 is 25.0 Å². The summed E-state index contributed by atoms with van der Waals surface area (Å²) in [6.07, 6.45) is -0.877. The summed E-state index contributed by atoms with van der Waals surface area (Å²) in [5, 5.41) is 15.0. The molecular weight excluding hydrogens is 599 g/mol. The summed E-state index contributed by atoms with van der Waals surface area (Å²) >= 11 is 0. The fourth-order valence-electron chi connectivity index (χ4n) is 5.37. The second-order valence-electron chi connectivity index (χ2n) is 10.5. The molecule has 2 amide bonds. The van der Waals surface area contributed by atoms with Crippen LogP contribution in [0.15, 0.2) is 103 Å². The normalized spacial score (nSPS) is 13.6. The number of carboxylic acids is 1. The fraction of sp³-hybridized carbons (Fsp3) is 0.182. The molecule has 11 nitrogen and oxygen atoms in total. The number of phosphoric ester groups is 1. The first-order chi connectivity index (χ1) is 21.6. The largest absolute Gasteiger partial charge is 0.524 e. The minimum atomic E-state index is -4.75. The summed E-state index contributed by atoms with van der Waals surface area (Å²) in [5.74, 6) is -2.31. The minimum absolute atomic E-state index is 0.0407. The molecule has 0 aliphatic heterocycles. The molecule has 0 spiro atoms. The van der Waals surface area contributed by atoms with Crippen LogP contribution < -0.4 is 15.2 Å². The smallest absolute Gasteiger partial charge is 0.480 e. The Labute approximate surface area is 259 Å². The van der Waals surface area contributed by atoms with Crippen molar-refractivity contribution in [3.8, 4) is 16.9 Å². The third-order valence-corrected chi connectivity index (χ3v) is 7.89. The van der Waals surface area contributed by atoms with Gasteiger partial charge in [-0.05, 0) is 45.5 Å². The van der Waals surface area contributed by atoms with Crippen molar-refractivity contribution in [1.29, 1.82) is 0 Å². The average molecular weight is 631 g/mol. The molecule has 5 rings (SSSR count). The van der Waals surface area contributed by atoms with E-state index >= 15 is 0 Å². The van der Waals surface area contributed by atoms with Crippen LogP contribution in [-0.4, -0.2) is 51.6 Å². The van der Waals surface area contributed by atoms with Gasteiger partial charge in [-0.1, -0.05) is 91.0 Å². The van der Waals surface area contributed by atoms with Crippen molar-refractivity contribution in [1.82, 2.24) is 10.6 Å². The van der Waals surface area contributed by atoms with E-state index in [0.717, 1.165) is 27.8 Å². The van der Waals surface area contributed by atoms with Gasteiger partial charge in [-0.3, -0.25) is 14.6 Å². The van der Waals surface area contributed by atoms with Gasteiger partial charge >= 0.3 is 19.9 Å². The van der Waals surface area contributed by atoms with Crippen molar-refractivity contribution in [2.75, 3.05) is 6.61 Å². The molecule has 0 fully saturated rings. The number of hydrogen-bond donors (Lipinski definition) is 5. The van der Waals surface area contributed by atoms with Gasteiger partial charge in [0.2, 0.25) is 5.91 Å². The zero-order valence-corrected chi connectivity index (χ0v) is 24.8. The van der Waals surface area contributed by atoms with Gasteiger partial charge in [0.05, 0.1) is 0 Å². The van der Waals surface area contributed by atoms with E-state index < -0.39 is 37.9 Å². The van der Waals surface area contributed by atoms with Crippen LogP contribution in [0.1, 0.15) is 28.2 Å². The molecule has 0 unspecified atom stereocenters. The Morgan fingerprint density at radius 1 is 0.711 bits per heavy atom. The number of alkyl carbamates (subject to hydrolysis) is 1. The first-order valence-electron chi connectivity index (χ1n) is 14.1. The SMILES string of the molecule is O=C(N[C@@H](Cc1ccccc1)C(=O)N[C@@H](Cc1ccc(OP(=O)(O)O)cc1)C(=O)O)OCC1c2ccccc2-c2ccccc21. The highest BCUT2D eigenvalue weighted by molar-refractivity contribution is 7.46. The first-order valence-corrected chi connectivity index (χ1v) is 15.6. The number of hydrogen-bond acceptors (Lipinski definition) is 6. The molecule has 12 heteroatoms. The minimum Gasteiger partial charge on any atom is -0.480 e. The molecule has 0 heterocycles. The van der Waals surface area contributed by atoms with E-state index in [1.165, 1.54) is 24.3 Å². The average Bonchev–Trinajstić information content (AvgIpc) is 3.33. The molecule has 0 saturated heterocycles. The van der Waals surface area contributed by atoms with Crippen LogP contribution in [0.5, 0.6) is 5.75 Å². The Bertz CT molecular complexity index is 1680. The molecular formula is C33H31N2O9P. The van der Waals surface area contributed by atoms with Crippen molar-refractivity contribution in [2.24, 2.45) is 0 Å². The second kappa shape index (κ2) is 13.8. The molecule has 45 heavy (non-hydrogen) atoms. The van der Waals surface area contributed by atoms with Crippen molar-refractivity contribution in [3.63, 3.8) is 0 Å². The van der Waals surface area contributed by atoms with Gasteiger partial charge in [-0.25, -0.2) is 14.2 Å². The number of carbonyl (C=O) groups is 3. The number of phosphoric acid groups is 1. The highest BCUT2D eigenvalue weighted by Crippen LogP contribution is 2.44. The molecule has 5 N–H and O–H groups in total. The molecule has 4 aromatic rings. The number of amides is 2. The van der Waals surface area contributed by atoms with Crippen LogP contribution in [0.25, 0.3) is 11.1 Å². The van der Waals surface area contributed by atoms with Gasteiger partial charge in [-0.2, -0.15) is 0 Å². The van der Waals surface area contributed by atoms with Crippen LogP contribution >= 0.6 is 7.82 Å². The number of fused-ring (bicyclic) bond motifs is 3. The number of benzene rings is 4. The van der Waals surface area contributed by atoms with Gasteiger partial charge in [0.1, 0.15) is 24.4 Å². The van der Waals surface area contributed by atoms with Crippen LogP contribution in [-0.2, 0) is 31.7 Å². The van der Waals surface area contributed by atoms with Crippen molar-refractivity contribution in [3.05, 3.63) is 125 Å². The Balaban J connectivity index is 1.27. The summed E-state index contributed by atoms with van der Waals surface area (Å²) < 4.78 is 21.2. The summed E-state index contributed by atoms with van der Waals surface area (Å²) in [6, 6.07) is 27.7. The monoisotopic (exact) mass is 630 g/mol. The van der Waals surface area contributed by atoms with E-state index in [1.807, 2.05) is 54.6 Å². The van der Waals surface area contributed by atoms with Crippen molar-refractivity contribution < 1.29 is 43.1 Å². The molecule has 0 bridgehead atoms. The van der Waals surface area contributed by atoms with Crippen molar-refractivity contribution in [2.45, 2.75) is 30.8 Å². The Morgan fingerprint density at radius 3 is 1.82 bits per heavy atom. The van der Waals surface area contributed by atoms with E-state index in [-0.39, 0.29) is 31.1 Å². The number of rotatable bonds is 12. The number of aliphatic carboxylic acids is 1. The Kier molecular flexibility index (Phi) is 9.63. The standard InChI is InChI=1S/C33H31N2O9P/c36-31(34-30(32(37)38)19-22-14-16-23(17-15-22)44-45(40,41)42)29(18-21-8-2-1-3-9-21)35-33(39)43-20-28-26-12-6-4-10-24(26)25-11-5-7-13-27(25)28/h1-17,28-30H,18-20H2,(H,34,36)(H,35,39)(H,37,38)(H2,40,41,42)/t29-,30-/m0/s1. The van der Waals surface area contributed by atoms with E-state index in [0.29, 0.717) is 5.56 Å². The Hall–Kier alpha value is -4.96. The predicted molar refractivity (Wildman–Crippen MR) is 165 cm³/mol. The number of nitrogens with one attached hydrogen (secondary N) is 2. The van der Waals surface area contributed by atoms with E-state index in [2.05, 4.69) is 15.2 Å². The Morgan fingerprint density at radius 2 is 1.24 bits per heavy atom.